The van der Waals surface area contributed by atoms with Crippen LogP contribution in [0.3, 0.4) is 0 Å². The number of nitrogens with one attached hydrogen (secondary N) is 1. The van der Waals surface area contributed by atoms with Crippen molar-refractivity contribution in [2.75, 3.05) is 26.2 Å². The molecule has 134 valence electrons. The number of nitrogens with zero attached hydrogens (tertiary/aromatic N) is 4. The number of aromatic nitrogens is 3. The van der Waals surface area contributed by atoms with E-state index >= 15 is 0 Å². The van der Waals surface area contributed by atoms with E-state index in [9.17, 15) is 4.79 Å². The molecular formula is C17H23N5O2S. The Morgan fingerprint density at radius 2 is 2.36 bits per heavy atom. The predicted octanol–water partition coefficient (Wildman–Crippen LogP) is 1.29. The number of hydrogen-bond donors (Lipinski definition) is 1. The van der Waals surface area contributed by atoms with Gasteiger partial charge in [0.2, 0.25) is 0 Å². The van der Waals surface area contributed by atoms with Gasteiger partial charge >= 0.3 is 0 Å². The van der Waals surface area contributed by atoms with Crippen LogP contribution in [0.4, 0.5) is 0 Å². The third-order valence-corrected chi connectivity index (χ3v) is 6.02. The summed E-state index contributed by atoms with van der Waals surface area (Å²) in [5.41, 5.74) is 0.574. The van der Waals surface area contributed by atoms with Gasteiger partial charge in [-0.15, -0.1) is 11.3 Å². The summed E-state index contributed by atoms with van der Waals surface area (Å²) in [5, 5.41) is 10.2. The summed E-state index contributed by atoms with van der Waals surface area (Å²) in [5.74, 6) is 0.443. The first kappa shape index (κ1) is 16.7. The molecule has 0 radical (unpaired) electrons. The number of rotatable bonds is 6. The van der Waals surface area contributed by atoms with Gasteiger partial charge in [0, 0.05) is 51.1 Å². The van der Waals surface area contributed by atoms with Crippen molar-refractivity contribution in [2.45, 2.75) is 25.0 Å². The van der Waals surface area contributed by atoms with Crippen LogP contribution in [0.2, 0.25) is 0 Å². The average molecular weight is 361 g/mol. The monoisotopic (exact) mass is 361 g/mol. The molecule has 4 heterocycles. The molecule has 8 heteroatoms. The molecule has 2 fully saturated rings. The second-order valence-electron chi connectivity index (χ2n) is 6.85. The van der Waals surface area contributed by atoms with Crippen molar-refractivity contribution in [3.63, 3.8) is 0 Å². The molecule has 0 bridgehead atoms. The Balaban J connectivity index is 1.25. The third kappa shape index (κ3) is 3.33. The number of likely N-dealkylation sites (tertiary alicyclic amines) is 1. The molecule has 1 spiro atoms. The summed E-state index contributed by atoms with van der Waals surface area (Å²) in [6.07, 6.45) is 5.52. The molecule has 0 aliphatic carbocycles. The lowest BCUT2D eigenvalue weighted by Crippen LogP contribution is -2.64. The molecule has 1 N–H and O–H groups in total. The number of ether oxygens (including phenoxy) is 1. The third-order valence-electron chi connectivity index (χ3n) is 5.26. The number of thiazole rings is 1. The van der Waals surface area contributed by atoms with Crippen LogP contribution in [0.25, 0.3) is 0 Å². The van der Waals surface area contributed by atoms with E-state index in [2.05, 4.69) is 20.3 Å². The summed E-state index contributed by atoms with van der Waals surface area (Å²) in [4.78, 5) is 18.9. The van der Waals surface area contributed by atoms with Gasteiger partial charge in [0.15, 0.2) is 0 Å². The Hall–Kier alpha value is -1.77. The lowest BCUT2D eigenvalue weighted by Gasteiger charge is -2.50. The summed E-state index contributed by atoms with van der Waals surface area (Å²) >= 11 is 1.70. The Morgan fingerprint density at radius 3 is 3.08 bits per heavy atom. The first-order chi connectivity index (χ1) is 12.2. The number of carbonyl (C=O) groups excluding carboxylic acids is 1. The van der Waals surface area contributed by atoms with Crippen molar-refractivity contribution in [3.05, 3.63) is 34.5 Å². The fourth-order valence-corrected chi connectivity index (χ4v) is 4.59. The zero-order valence-electron chi connectivity index (χ0n) is 14.4. The van der Waals surface area contributed by atoms with E-state index in [1.165, 1.54) is 0 Å². The Kier molecular flexibility index (Phi) is 4.58. The quantitative estimate of drug-likeness (QED) is 0.839. The second-order valence-corrected chi connectivity index (χ2v) is 7.83. The van der Waals surface area contributed by atoms with Crippen LogP contribution in [0, 0.1) is 5.92 Å². The normalized spacial score (nSPS) is 22.2. The van der Waals surface area contributed by atoms with Crippen molar-refractivity contribution in [3.8, 4) is 0 Å². The molecule has 2 aromatic rings. The molecule has 2 aliphatic heterocycles. The van der Waals surface area contributed by atoms with Gasteiger partial charge in [-0.25, -0.2) is 4.98 Å². The van der Waals surface area contributed by atoms with Gasteiger partial charge in [0.05, 0.1) is 12.1 Å². The van der Waals surface area contributed by atoms with Crippen LogP contribution < -0.4 is 5.32 Å². The molecule has 1 amide bonds. The van der Waals surface area contributed by atoms with E-state index in [0.717, 1.165) is 44.1 Å². The minimum atomic E-state index is -0.0630. The van der Waals surface area contributed by atoms with E-state index < -0.39 is 0 Å². The first-order valence-electron chi connectivity index (χ1n) is 8.67. The molecule has 2 aliphatic rings. The maximum Gasteiger partial charge on any atom is 0.269 e. The van der Waals surface area contributed by atoms with Crippen LogP contribution >= 0.6 is 11.3 Å². The Morgan fingerprint density at radius 1 is 1.48 bits per heavy atom. The van der Waals surface area contributed by atoms with Crippen molar-refractivity contribution < 1.29 is 9.53 Å². The maximum atomic E-state index is 12.2. The summed E-state index contributed by atoms with van der Waals surface area (Å²) in [6.45, 7) is 4.34. The first-order valence-corrected chi connectivity index (χ1v) is 9.55. The minimum Gasteiger partial charge on any atom is -0.372 e. The van der Waals surface area contributed by atoms with Crippen molar-refractivity contribution in [1.29, 1.82) is 0 Å². The number of amides is 1. The zero-order chi connectivity index (χ0) is 17.3. The van der Waals surface area contributed by atoms with Crippen LogP contribution in [0.15, 0.2) is 23.8 Å². The van der Waals surface area contributed by atoms with Gasteiger partial charge in [-0.05, 0) is 24.8 Å². The summed E-state index contributed by atoms with van der Waals surface area (Å²) < 4.78 is 7.70. The Bertz CT molecular complexity index is 723. The van der Waals surface area contributed by atoms with Gasteiger partial charge in [-0.1, -0.05) is 0 Å². The summed E-state index contributed by atoms with van der Waals surface area (Å²) in [6, 6.07) is 1.73. The van der Waals surface area contributed by atoms with E-state index in [-0.39, 0.29) is 11.5 Å². The molecule has 4 rings (SSSR count). The van der Waals surface area contributed by atoms with Gasteiger partial charge in [0.1, 0.15) is 10.7 Å². The highest BCUT2D eigenvalue weighted by molar-refractivity contribution is 7.09. The largest absolute Gasteiger partial charge is 0.372 e. The van der Waals surface area contributed by atoms with E-state index in [1.54, 1.807) is 35.3 Å². The zero-order valence-corrected chi connectivity index (χ0v) is 15.2. The fourth-order valence-electron chi connectivity index (χ4n) is 3.93. The molecule has 1 atom stereocenters. The van der Waals surface area contributed by atoms with Gasteiger partial charge < -0.3 is 10.1 Å². The topological polar surface area (TPSA) is 72.3 Å². The van der Waals surface area contributed by atoms with Crippen LogP contribution in [0.5, 0.6) is 0 Å². The molecule has 0 aromatic carbocycles. The van der Waals surface area contributed by atoms with E-state index in [4.69, 9.17) is 4.74 Å². The minimum absolute atomic E-state index is 0.0193. The predicted molar refractivity (Wildman–Crippen MR) is 94.3 cm³/mol. The van der Waals surface area contributed by atoms with Crippen LogP contribution in [-0.4, -0.2) is 57.4 Å². The average Bonchev–Trinajstić information content (AvgIpc) is 3.28. The lowest BCUT2D eigenvalue weighted by molar-refractivity contribution is -0.136. The van der Waals surface area contributed by atoms with E-state index in [1.807, 2.05) is 11.6 Å². The smallest absolute Gasteiger partial charge is 0.269 e. The van der Waals surface area contributed by atoms with Gasteiger partial charge in [0.25, 0.3) is 5.91 Å². The lowest BCUT2D eigenvalue weighted by atomic mass is 9.79. The Labute approximate surface area is 151 Å². The van der Waals surface area contributed by atoms with E-state index in [0.29, 0.717) is 18.2 Å². The highest BCUT2D eigenvalue weighted by atomic mass is 32.1. The second kappa shape index (κ2) is 6.86. The molecule has 25 heavy (non-hydrogen) atoms. The number of hydrogen-bond acceptors (Lipinski definition) is 6. The van der Waals surface area contributed by atoms with Gasteiger partial charge in [-0.2, -0.15) is 5.10 Å². The van der Waals surface area contributed by atoms with Gasteiger partial charge in [-0.3, -0.25) is 14.4 Å². The number of carbonyl (C=O) groups is 1. The standard InChI is InChI=1S/C17H23N5O2S/c1-21-14(3-6-20-21)16(23)19-5-2-13-4-8-24-17(13)11-22(12-17)10-15-18-7-9-25-15/h3,6-7,9,13H,2,4-5,8,10-12H2,1H3,(H,19,23)/t13-/m0/s1. The molecule has 0 saturated carbocycles. The molecular weight excluding hydrogens is 338 g/mol. The molecule has 2 saturated heterocycles. The van der Waals surface area contributed by atoms with Crippen molar-refractivity contribution in [2.24, 2.45) is 13.0 Å². The molecule has 2 aromatic heterocycles. The highest BCUT2D eigenvalue weighted by Crippen LogP contribution is 2.42. The number of aryl methyl sites for hydroxylation is 1. The summed E-state index contributed by atoms with van der Waals surface area (Å²) in [7, 11) is 1.78. The van der Waals surface area contributed by atoms with Crippen molar-refractivity contribution in [1.82, 2.24) is 25.0 Å². The maximum absolute atomic E-state index is 12.2. The van der Waals surface area contributed by atoms with Crippen LogP contribution in [0.1, 0.15) is 28.3 Å². The molecule has 7 nitrogen and oxygen atoms in total. The van der Waals surface area contributed by atoms with Crippen molar-refractivity contribution >= 4 is 17.2 Å². The van der Waals surface area contributed by atoms with Crippen LogP contribution in [-0.2, 0) is 18.3 Å². The SMILES string of the molecule is Cn1nccc1C(=O)NCC[C@H]1CCOC12CN(Cc1nccs1)C2. The molecule has 0 unspecified atom stereocenters. The highest BCUT2D eigenvalue weighted by Gasteiger charge is 2.52. The fraction of sp³-hybridized carbons (Fsp3) is 0.588.